The van der Waals surface area contributed by atoms with Crippen LogP contribution in [-0.2, 0) is 13.5 Å². The minimum Gasteiger partial charge on any atom is -0.309 e. The largest absolute Gasteiger partial charge is 0.309 e. The first-order chi connectivity index (χ1) is 10.1. The molecule has 116 valence electrons. The highest BCUT2D eigenvalue weighted by molar-refractivity contribution is 5.36. The van der Waals surface area contributed by atoms with Gasteiger partial charge in [0.25, 0.3) is 0 Å². The zero-order valence-corrected chi connectivity index (χ0v) is 13.7. The molecule has 0 amide bonds. The van der Waals surface area contributed by atoms with Crippen LogP contribution in [0.15, 0.2) is 6.20 Å². The Kier molecular flexibility index (Phi) is 5.12. The molecule has 0 spiro atoms. The number of rotatable bonds is 7. The van der Waals surface area contributed by atoms with Crippen LogP contribution in [0.25, 0.3) is 5.69 Å². The second-order valence-electron chi connectivity index (χ2n) is 5.38. The average molecular weight is 290 g/mol. The first-order valence-electron chi connectivity index (χ1n) is 7.80. The molecule has 2 aromatic rings. The summed E-state index contributed by atoms with van der Waals surface area (Å²) < 4.78 is 3.76. The molecule has 0 bridgehead atoms. The van der Waals surface area contributed by atoms with Crippen LogP contribution in [0.2, 0.25) is 0 Å². The topological polar surface area (TPSA) is 60.6 Å². The van der Waals surface area contributed by atoms with E-state index in [9.17, 15) is 0 Å². The first kappa shape index (κ1) is 15.7. The molecule has 0 aromatic carbocycles. The number of nitrogens with one attached hydrogen (secondary N) is 1. The summed E-state index contributed by atoms with van der Waals surface area (Å²) in [5.74, 6) is 0. The first-order valence-corrected chi connectivity index (χ1v) is 7.80. The second-order valence-corrected chi connectivity index (χ2v) is 5.38. The highest BCUT2D eigenvalue weighted by Crippen LogP contribution is 2.22. The molecule has 1 unspecified atom stereocenters. The maximum atomic E-state index is 4.45. The van der Waals surface area contributed by atoms with Crippen LogP contribution in [0, 0.1) is 6.92 Å². The lowest BCUT2D eigenvalue weighted by Crippen LogP contribution is -2.23. The van der Waals surface area contributed by atoms with E-state index in [0.29, 0.717) is 0 Å². The molecule has 1 N–H and O–H groups in total. The van der Waals surface area contributed by atoms with Crippen molar-refractivity contribution >= 4 is 0 Å². The minimum absolute atomic E-state index is 0.269. The molecule has 0 saturated heterocycles. The molecule has 0 fully saturated rings. The van der Waals surface area contributed by atoms with Gasteiger partial charge in [-0.3, -0.25) is 4.68 Å². The monoisotopic (exact) mass is 290 g/mol. The van der Waals surface area contributed by atoms with Gasteiger partial charge in [0, 0.05) is 7.05 Å². The van der Waals surface area contributed by atoms with Gasteiger partial charge in [-0.15, -0.1) is 5.10 Å². The molecule has 0 aliphatic heterocycles. The summed E-state index contributed by atoms with van der Waals surface area (Å²) in [6, 6.07) is 0.269. The van der Waals surface area contributed by atoms with Crippen LogP contribution in [0.4, 0.5) is 0 Å². The predicted octanol–water partition coefficient (Wildman–Crippen LogP) is 2.32. The van der Waals surface area contributed by atoms with Gasteiger partial charge >= 0.3 is 0 Å². The Balaban J connectivity index is 2.39. The Morgan fingerprint density at radius 3 is 2.57 bits per heavy atom. The van der Waals surface area contributed by atoms with Crippen molar-refractivity contribution in [2.75, 3.05) is 6.54 Å². The lowest BCUT2D eigenvalue weighted by Gasteiger charge is -2.15. The smallest absolute Gasteiger partial charge is 0.107 e. The third-order valence-electron chi connectivity index (χ3n) is 3.72. The highest BCUT2D eigenvalue weighted by Gasteiger charge is 2.21. The number of aromatic nitrogens is 5. The molecule has 0 radical (unpaired) electrons. The van der Waals surface area contributed by atoms with E-state index >= 15 is 0 Å². The fraction of sp³-hybridized carbons (Fsp3) is 0.667. The van der Waals surface area contributed by atoms with E-state index in [2.05, 4.69) is 41.5 Å². The van der Waals surface area contributed by atoms with E-state index in [-0.39, 0.29) is 6.04 Å². The summed E-state index contributed by atoms with van der Waals surface area (Å²) in [5.41, 5.74) is 4.22. The lowest BCUT2D eigenvalue weighted by molar-refractivity contribution is 0.503. The maximum Gasteiger partial charge on any atom is 0.107 e. The Bertz CT molecular complexity index is 583. The van der Waals surface area contributed by atoms with Crippen LogP contribution in [-0.4, -0.2) is 31.3 Å². The Morgan fingerprint density at radius 1 is 1.29 bits per heavy atom. The van der Waals surface area contributed by atoms with E-state index in [1.54, 1.807) is 0 Å². The average Bonchev–Trinajstić information content (AvgIpc) is 3.02. The van der Waals surface area contributed by atoms with Crippen LogP contribution >= 0.6 is 0 Å². The fourth-order valence-corrected chi connectivity index (χ4v) is 2.66. The molecule has 2 aromatic heterocycles. The van der Waals surface area contributed by atoms with Gasteiger partial charge in [0.2, 0.25) is 0 Å². The number of aryl methyl sites for hydroxylation is 2. The SMILES string of the molecule is CCCNC(CC)c1nnn(-c2cn(C)nc2C)c1CC. The fourth-order valence-electron chi connectivity index (χ4n) is 2.66. The van der Waals surface area contributed by atoms with E-state index in [4.69, 9.17) is 0 Å². The zero-order chi connectivity index (χ0) is 15.4. The summed E-state index contributed by atoms with van der Waals surface area (Å²) in [6.45, 7) is 9.51. The summed E-state index contributed by atoms with van der Waals surface area (Å²) in [7, 11) is 1.93. The van der Waals surface area contributed by atoms with Crippen molar-refractivity contribution in [2.24, 2.45) is 7.05 Å². The van der Waals surface area contributed by atoms with Crippen LogP contribution < -0.4 is 5.32 Å². The lowest BCUT2D eigenvalue weighted by atomic mass is 10.1. The molecule has 0 saturated carbocycles. The van der Waals surface area contributed by atoms with Crippen LogP contribution in [0.3, 0.4) is 0 Å². The standard InChI is InChI=1S/C15H26N6/c1-6-9-16-12(7-2)15-13(8-3)21(19-17-15)14-10-20(5)18-11(14)4/h10,12,16H,6-9H2,1-5H3. The third-order valence-corrected chi connectivity index (χ3v) is 3.72. The van der Waals surface area contributed by atoms with Crippen molar-refractivity contribution in [1.29, 1.82) is 0 Å². The van der Waals surface area contributed by atoms with Gasteiger partial charge in [0.15, 0.2) is 0 Å². The molecule has 21 heavy (non-hydrogen) atoms. The Labute approximate surface area is 126 Å². The number of nitrogens with zero attached hydrogens (tertiary/aromatic N) is 5. The Morgan fingerprint density at radius 2 is 2.05 bits per heavy atom. The van der Waals surface area contributed by atoms with Crippen molar-refractivity contribution in [3.63, 3.8) is 0 Å². The van der Waals surface area contributed by atoms with Crippen molar-refractivity contribution in [2.45, 2.75) is 53.0 Å². The van der Waals surface area contributed by atoms with Gasteiger partial charge < -0.3 is 5.32 Å². The third kappa shape index (κ3) is 3.15. The summed E-state index contributed by atoms with van der Waals surface area (Å²) in [6.07, 6.45) is 5.03. The molecule has 1 atom stereocenters. The van der Waals surface area contributed by atoms with Crippen molar-refractivity contribution in [3.8, 4) is 5.69 Å². The zero-order valence-electron chi connectivity index (χ0n) is 13.7. The van der Waals surface area contributed by atoms with Crippen LogP contribution in [0.1, 0.15) is 56.7 Å². The molecular formula is C15H26N6. The van der Waals surface area contributed by atoms with E-state index < -0.39 is 0 Å². The molecule has 2 heterocycles. The molecule has 2 rings (SSSR count). The predicted molar refractivity (Wildman–Crippen MR) is 83.6 cm³/mol. The van der Waals surface area contributed by atoms with Crippen LogP contribution in [0.5, 0.6) is 0 Å². The van der Waals surface area contributed by atoms with Gasteiger partial charge in [-0.2, -0.15) is 5.10 Å². The molecular weight excluding hydrogens is 264 g/mol. The summed E-state index contributed by atoms with van der Waals surface area (Å²) >= 11 is 0. The van der Waals surface area contributed by atoms with Crippen molar-refractivity contribution in [3.05, 3.63) is 23.3 Å². The molecule has 6 nitrogen and oxygen atoms in total. The second kappa shape index (κ2) is 6.85. The normalized spacial score (nSPS) is 12.8. The molecule has 6 heteroatoms. The van der Waals surface area contributed by atoms with E-state index in [1.165, 1.54) is 5.69 Å². The molecule has 0 aliphatic rings. The van der Waals surface area contributed by atoms with Crippen molar-refractivity contribution < 1.29 is 0 Å². The summed E-state index contributed by atoms with van der Waals surface area (Å²) in [4.78, 5) is 0. The number of hydrogen-bond acceptors (Lipinski definition) is 4. The van der Waals surface area contributed by atoms with Gasteiger partial charge in [-0.05, 0) is 32.7 Å². The highest BCUT2D eigenvalue weighted by atomic mass is 15.5. The molecule has 0 aliphatic carbocycles. The van der Waals surface area contributed by atoms with E-state index in [0.717, 1.165) is 42.9 Å². The minimum atomic E-state index is 0.269. The van der Waals surface area contributed by atoms with Gasteiger partial charge in [0.05, 0.1) is 23.6 Å². The van der Waals surface area contributed by atoms with Gasteiger partial charge in [0.1, 0.15) is 11.4 Å². The summed E-state index contributed by atoms with van der Waals surface area (Å²) in [5, 5.41) is 16.8. The van der Waals surface area contributed by atoms with E-state index in [1.807, 2.05) is 29.5 Å². The Hall–Kier alpha value is -1.69. The van der Waals surface area contributed by atoms with Crippen molar-refractivity contribution in [1.82, 2.24) is 30.1 Å². The maximum absolute atomic E-state index is 4.45. The van der Waals surface area contributed by atoms with Gasteiger partial charge in [-0.1, -0.05) is 26.0 Å². The number of hydrogen-bond donors (Lipinski definition) is 1. The van der Waals surface area contributed by atoms with Gasteiger partial charge in [-0.25, -0.2) is 4.68 Å². The quantitative estimate of drug-likeness (QED) is 0.850.